The fourth-order valence-corrected chi connectivity index (χ4v) is 3.76. The fourth-order valence-electron chi connectivity index (χ4n) is 3.31. The van der Waals surface area contributed by atoms with Crippen molar-refractivity contribution in [1.82, 2.24) is 10.2 Å². The molecule has 4 heteroatoms. The molecule has 1 fully saturated rings. The Morgan fingerprint density at radius 2 is 1.68 bits per heavy atom. The van der Waals surface area contributed by atoms with E-state index in [0.717, 1.165) is 22.1 Å². The topological polar surface area (TPSA) is 32.3 Å². The van der Waals surface area contributed by atoms with Gasteiger partial charge in [0.25, 0.3) is 0 Å². The number of nitrogens with zero attached hydrogens (tertiary/aromatic N) is 1. The number of rotatable bonds is 6. The number of amides is 1. The predicted molar refractivity (Wildman–Crippen MR) is 105 cm³/mol. The number of piperidine rings is 1. The van der Waals surface area contributed by atoms with Crippen molar-refractivity contribution in [2.45, 2.75) is 38.8 Å². The second kappa shape index (κ2) is 9.16. The summed E-state index contributed by atoms with van der Waals surface area (Å²) in [6.45, 7) is 4.00. The molecule has 0 spiro atoms. The van der Waals surface area contributed by atoms with E-state index in [4.69, 9.17) is 0 Å². The highest BCUT2D eigenvalue weighted by Crippen LogP contribution is 2.14. The number of hydrogen-bond donors (Lipinski definition) is 1. The molecule has 0 saturated carbocycles. The minimum absolute atomic E-state index is 0.0551. The van der Waals surface area contributed by atoms with E-state index in [1.165, 1.54) is 37.9 Å². The monoisotopic (exact) mass is 400 g/mol. The van der Waals surface area contributed by atoms with E-state index in [2.05, 4.69) is 50.4 Å². The Bertz CT molecular complexity index is 711. The molecule has 1 saturated heterocycles. The van der Waals surface area contributed by atoms with Crippen molar-refractivity contribution in [3.63, 3.8) is 0 Å². The Balaban J connectivity index is 1.50. The lowest BCUT2D eigenvalue weighted by Gasteiger charge is -2.26. The lowest BCUT2D eigenvalue weighted by Crippen LogP contribution is -2.29. The zero-order valence-electron chi connectivity index (χ0n) is 14.5. The average molecular weight is 401 g/mol. The molecule has 3 nitrogen and oxygen atoms in total. The number of halogens is 1. The summed E-state index contributed by atoms with van der Waals surface area (Å²) in [6.07, 6.45) is 4.39. The van der Waals surface area contributed by atoms with Crippen LogP contribution >= 0.6 is 15.9 Å². The number of hydrogen-bond acceptors (Lipinski definition) is 2. The number of likely N-dealkylation sites (tertiary alicyclic amines) is 1. The molecule has 2 aromatic rings. The first kappa shape index (κ1) is 18.2. The van der Waals surface area contributed by atoms with Gasteiger partial charge in [0.05, 0.1) is 6.42 Å². The summed E-state index contributed by atoms with van der Waals surface area (Å²) >= 11 is 3.44. The quantitative estimate of drug-likeness (QED) is 0.783. The first-order valence-electron chi connectivity index (χ1n) is 9.00. The van der Waals surface area contributed by atoms with Crippen molar-refractivity contribution in [1.29, 1.82) is 0 Å². The Morgan fingerprint density at radius 3 is 2.48 bits per heavy atom. The molecule has 0 aliphatic carbocycles. The molecule has 1 heterocycles. The minimum Gasteiger partial charge on any atom is -0.352 e. The molecule has 3 rings (SSSR count). The summed E-state index contributed by atoms with van der Waals surface area (Å²) in [5.41, 5.74) is 3.52. The van der Waals surface area contributed by atoms with Gasteiger partial charge in [0, 0.05) is 17.6 Å². The number of carbonyl (C=O) groups excluding carboxylic acids is 1. The Morgan fingerprint density at radius 1 is 0.960 bits per heavy atom. The molecular formula is C21H25BrN2O. The predicted octanol–water partition coefficient (Wildman–Crippen LogP) is 4.29. The van der Waals surface area contributed by atoms with E-state index in [9.17, 15) is 4.79 Å². The van der Waals surface area contributed by atoms with Crippen LogP contribution in [0.5, 0.6) is 0 Å². The summed E-state index contributed by atoms with van der Waals surface area (Å²) in [5, 5.41) is 3.03. The van der Waals surface area contributed by atoms with Crippen LogP contribution in [0.4, 0.5) is 0 Å². The number of benzene rings is 2. The molecule has 132 valence electrons. The number of carbonyl (C=O) groups is 1. The Labute approximate surface area is 158 Å². The van der Waals surface area contributed by atoms with Gasteiger partial charge in [-0.05, 0) is 54.8 Å². The molecule has 1 aliphatic heterocycles. The van der Waals surface area contributed by atoms with Crippen molar-refractivity contribution in [3.05, 3.63) is 69.7 Å². The van der Waals surface area contributed by atoms with Crippen LogP contribution in [0.25, 0.3) is 0 Å². The molecular weight excluding hydrogens is 376 g/mol. The van der Waals surface area contributed by atoms with Crippen molar-refractivity contribution in [3.8, 4) is 0 Å². The summed E-state index contributed by atoms with van der Waals surface area (Å²) < 4.78 is 1.00. The van der Waals surface area contributed by atoms with Crippen LogP contribution in [-0.4, -0.2) is 23.9 Å². The Hall–Kier alpha value is -1.65. The van der Waals surface area contributed by atoms with Gasteiger partial charge in [0.2, 0.25) is 5.91 Å². The average Bonchev–Trinajstić information content (AvgIpc) is 2.61. The van der Waals surface area contributed by atoms with Crippen molar-refractivity contribution >= 4 is 21.8 Å². The van der Waals surface area contributed by atoms with Crippen LogP contribution in [-0.2, 0) is 24.3 Å². The van der Waals surface area contributed by atoms with Crippen molar-refractivity contribution < 1.29 is 4.79 Å². The molecule has 1 N–H and O–H groups in total. The van der Waals surface area contributed by atoms with Crippen LogP contribution in [0.2, 0.25) is 0 Å². The smallest absolute Gasteiger partial charge is 0.224 e. The molecule has 1 amide bonds. The Kier molecular flexibility index (Phi) is 6.65. The maximum atomic E-state index is 12.2. The van der Waals surface area contributed by atoms with E-state index >= 15 is 0 Å². The van der Waals surface area contributed by atoms with Gasteiger partial charge in [0.15, 0.2) is 0 Å². The maximum Gasteiger partial charge on any atom is 0.224 e. The zero-order chi connectivity index (χ0) is 17.5. The van der Waals surface area contributed by atoms with Crippen LogP contribution in [0.15, 0.2) is 53.0 Å². The molecule has 25 heavy (non-hydrogen) atoms. The molecule has 0 radical (unpaired) electrons. The third kappa shape index (κ3) is 5.98. The normalized spacial score (nSPS) is 15.1. The van der Waals surface area contributed by atoms with E-state index in [1.54, 1.807) is 0 Å². The summed E-state index contributed by atoms with van der Waals surface area (Å²) in [4.78, 5) is 14.7. The highest BCUT2D eigenvalue weighted by atomic mass is 79.9. The second-order valence-corrected chi connectivity index (χ2v) is 7.66. The van der Waals surface area contributed by atoms with Crippen LogP contribution in [0.3, 0.4) is 0 Å². The molecule has 1 aliphatic rings. The van der Waals surface area contributed by atoms with E-state index in [1.807, 2.05) is 24.3 Å². The SMILES string of the molecule is O=C(Cc1cccc(Br)c1)NCc1cccc(CN2CCCCC2)c1. The lowest BCUT2D eigenvalue weighted by atomic mass is 10.1. The fraction of sp³-hybridized carbons (Fsp3) is 0.381. The van der Waals surface area contributed by atoms with E-state index in [0.29, 0.717) is 13.0 Å². The van der Waals surface area contributed by atoms with Gasteiger partial charge >= 0.3 is 0 Å². The molecule has 2 aromatic carbocycles. The molecule has 0 atom stereocenters. The first-order chi connectivity index (χ1) is 12.2. The van der Waals surface area contributed by atoms with Crippen molar-refractivity contribution in [2.75, 3.05) is 13.1 Å². The van der Waals surface area contributed by atoms with Gasteiger partial charge in [-0.1, -0.05) is 58.7 Å². The molecule has 0 bridgehead atoms. The van der Waals surface area contributed by atoms with E-state index in [-0.39, 0.29) is 5.91 Å². The van der Waals surface area contributed by atoms with Gasteiger partial charge in [-0.25, -0.2) is 0 Å². The van der Waals surface area contributed by atoms with Gasteiger partial charge in [-0.3, -0.25) is 9.69 Å². The highest BCUT2D eigenvalue weighted by Gasteiger charge is 2.10. The molecule has 0 unspecified atom stereocenters. The zero-order valence-corrected chi connectivity index (χ0v) is 16.1. The van der Waals surface area contributed by atoms with Crippen LogP contribution < -0.4 is 5.32 Å². The summed E-state index contributed by atoms with van der Waals surface area (Å²) in [6, 6.07) is 16.5. The molecule has 0 aromatic heterocycles. The summed E-state index contributed by atoms with van der Waals surface area (Å²) in [7, 11) is 0. The van der Waals surface area contributed by atoms with Crippen LogP contribution in [0, 0.1) is 0 Å². The lowest BCUT2D eigenvalue weighted by molar-refractivity contribution is -0.120. The van der Waals surface area contributed by atoms with Gasteiger partial charge < -0.3 is 5.32 Å². The van der Waals surface area contributed by atoms with E-state index < -0.39 is 0 Å². The minimum atomic E-state index is 0.0551. The van der Waals surface area contributed by atoms with Gasteiger partial charge in [-0.15, -0.1) is 0 Å². The maximum absolute atomic E-state index is 12.2. The standard InChI is InChI=1S/C21H25BrN2O/c22-20-9-5-6-17(13-20)14-21(25)23-15-18-7-4-8-19(12-18)16-24-10-2-1-3-11-24/h4-9,12-13H,1-3,10-11,14-16H2,(H,23,25). The third-order valence-corrected chi connectivity index (χ3v) is 5.08. The third-order valence-electron chi connectivity index (χ3n) is 4.59. The van der Waals surface area contributed by atoms with Crippen LogP contribution in [0.1, 0.15) is 36.0 Å². The first-order valence-corrected chi connectivity index (χ1v) is 9.80. The highest BCUT2D eigenvalue weighted by molar-refractivity contribution is 9.10. The van der Waals surface area contributed by atoms with Gasteiger partial charge in [0.1, 0.15) is 0 Å². The van der Waals surface area contributed by atoms with Gasteiger partial charge in [-0.2, -0.15) is 0 Å². The largest absolute Gasteiger partial charge is 0.352 e. The summed E-state index contributed by atoms with van der Waals surface area (Å²) in [5.74, 6) is 0.0551. The van der Waals surface area contributed by atoms with Crippen molar-refractivity contribution in [2.24, 2.45) is 0 Å². The second-order valence-electron chi connectivity index (χ2n) is 6.74. The number of nitrogens with one attached hydrogen (secondary N) is 1.